The lowest BCUT2D eigenvalue weighted by atomic mass is 9.82. The Bertz CT molecular complexity index is 495. The number of hydrogen-bond acceptors (Lipinski definition) is 5. The van der Waals surface area contributed by atoms with Gasteiger partial charge in [-0.15, -0.1) is 0 Å². The summed E-state index contributed by atoms with van der Waals surface area (Å²) in [4.78, 5) is 12.4. The fraction of sp³-hybridized carbons (Fsp3) is 0.538. The molecule has 104 valence electrons. The van der Waals surface area contributed by atoms with E-state index in [0.717, 1.165) is 0 Å². The van der Waals surface area contributed by atoms with Crippen molar-refractivity contribution in [2.45, 2.75) is 19.4 Å². The monoisotopic (exact) mass is 266 g/mol. The predicted octanol–water partition coefficient (Wildman–Crippen LogP) is 1.81. The predicted molar refractivity (Wildman–Crippen MR) is 71.6 cm³/mol. The number of nitrogens with zero attached hydrogens (tertiary/aromatic N) is 2. The van der Waals surface area contributed by atoms with E-state index in [4.69, 9.17) is 4.74 Å². The average Bonchev–Trinajstić information content (AvgIpc) is 2.33. The van der Waals surface area contributed by atoms with E-state index in [2.05, 4.69) is 0 Å². The van der Waals surface area contributed by atoms with Crippen molar-refractivity contribution in [2.75, 3.05) is 25.1 Å². The van der Waals surface area contributed by atoms with Crippen LogP contribution in [0.2, 0.25) is 0 Å². The zero-order valence-corrected chi connectivity index (χ0v) is 11.3. The van der Waals surface area contributed by atoms with Gasteiger partial charge in [-0.05, 0) is 12.0 Å². The highest BCUT2D eigenvalue weighted by Gasteiger charge is 2.45. The van der Waals surface area contributed by atoms with Gasteiger partial charge in [0.1, 0.15) is 17.0 Å². The molecule has 1 saturated heterocycles. The minimum atomic E-state index is -0.767. The fourth-order valence-corrected chi connectivity index (χ4v) is 2.19. The highest BCUT2D eigenvalue weighted by Crippen LogP contribution is 2.39. The first kappa shape index (κ1) is 13.6. The molecule has 0 radical (unpaired) electrons. The summed E-state index contributed by atoms with van der Waals surface area (Å²) < 4.78 is 5.10. The number of aliphatic hydroxyl groups is 1. The molecule has 0 unspecified atom stereocenters. The third-order valence-electron chi connectivity index (χ3n) is 3.72. The fourth-order valence-electron chi connectivity index (χ4n) is 2.19. The lowest BCUT2D eigenvalue weighted by Crippen LogP contribution is -2.64. The summed E-state index contributed by atoms with van der Waals surface area (Å²) in [6.07, 6.45) is 0. The van der Waals surface area contributed by atoms with Crippen LogP contribution in [0.3, 0.4) is 0 Å². The summed E-state index contributed by atoms with van der Waals surface area (Å²) >= 11 is 0. The van der Waals surface area contributed by atoms with Crippen molar-refractivity contribution >= 4 is 11.4 Å². The number of rotatable bonds is 4. The summed E-state index contributed by atoms with van der Waals surface area (Å²) in [6, 6.07) is 4.63. The van der Waals surface area contributed by atoms with Gasteiger partial charge in [-0.25, -0.2) is 0 Å². The zero-order valence-electron chi connectivity index (χ0n) is 11.3. The number of anilines is 1. The molecule has 1 heterocycles. The number of nitro groups is 1. The highest BCUT2D eigenvalue weighted by atomic mass is 16.6. The van der Waals surface area contributed by atoms with E-state index in [1.807, 2.05) is 13.8 Å². The van der Waals surface area contributed by atoms with Crippen molar-refractivity contribution < 1.29 is 14.8 Å². The van der Waals surface area contributed by atoms with Gasteiger partial charge in [0.25, 0.3) is 5.69 Å². The number of β-amino-alcohol motifs (C(OH)–C–C–N with tert-alkyl or cyclic N) is 1. The van der Waals surface area contributed by atoms with Crippen LogP contribution in [0, 0.1) is 16.0 Å². The highest BCUT2D eigenvalue weighted by molar-refractivity contribution is 5.67. The molecule has 2 rings (SSSR count). The second kappa shape index (κ2) is 4.70. The molecular weight excluding hydrogens is 248 g/mol. The van der Waals surface area contributed by atoms with E-state index in [9.17, 15) is 15.2 Å². The Morgan fingerprint density at radius 3 is 2.58 bits per heavy atom. The van der Waals surface area contributed by atoms with Crippen molar-refractivity contribution in [1.82, 2.24) is 0 Å². The Kier molecular flexibility index (Phi) is 3.36. The first-order valence-electron chi connectivity index (χ1n) is 6.17. The summed E-state index contributed by atoms with van der Waals surface area (Å²) in [7, 11) is 1.52. The average molecular weight is 266 g/mol. The zero-order chi connectivity index (χ0) is 14.2. The van der Waals surface area contributed by atoms with Crippen LogP contribution in [0.4, 0.5) is 11.4 Å². The largest absolute Gasteiger partial charge is 0.497 e. The van der Waals surface area contributed by atoms with Gasteiger partial charge in [-0.1, -0.05) is 13.8 Å². The molecule has 6 nitrogen and oxygen atoms in total. The summed E-state index contributed by atoms with van der Waals surface area (Å²) in [5.74, 6) is 0.689. The second-order valence-corrected chi connectivity index (χ2v) is 5.23. The van der Waals surface area contributed by atoms with Crippen LogP contribution < -0.4 is 9.64 Å². The van der Waals surface area contributed by atoms with Crippen LogP contribution in [0.5, 0.6) is 5.75 Å². The standard InChI is InChI=1S/C13H18N2O4/c1-9(2)13(16)7-14(8-13)12-6-10(19-3)4-5-11(12)15(17)18/h4-6,9,16H,7-8H2,1-3H3. The van der Waals surface area contributed by atoms with Crippen molar-refractivity contribution in [3.05, 3.63) is 28.3 Å². The van der Waals surface area contributed by atoms with Gasteiger partial charge < -0.3 is 14.7 Å². The molecule has 1 N–H and O–H groups in total. The molecular formula is C13H18N2O4. The van der Waals surface area contributed by atoms with Gasteiger partial charge in [-0.3, -0.25) is 10.1 Å². The normalized spacial score (nSPS) is 17.2. The number of benzene rings is 1. The Labute approximate surface area is 111 Å². The van der Waals surface area contributed by atoms with E-state index in [1.165, 1.54) is 13.2 Å². The number of nitro benzene ring substituents is 1. The van der Waals surface area contributed by atoms with Crippen molar-refractivity contribution in [3.8, 4) is 5.75 Å². The van der Waals surface area contributed by atoms with Crippen LogP contribution in [0.1, 0.15) is 13.8 Å². The topological polar surface area (TPSA) is 75.8 Å². The van der Waals surface area contributed by atoms with E-state index in [0.29, 0.717) is 24.5 Å². The minimum absolute atomic E-state index is 0.0339. The molecule has 0 spiro atoms. The SMILES string of the molecule is COc1ccc([N+](=O)[O-])c(N2CC(O)(C(C)C)C2)c1. The lowest BCUT2D eigenvalue weighted by molar-refractivity contribution is -0.384. The molecule has 0 aliphatic carbocycles. The van der Waals surface area contributed by atoms with Gasteiger partial charge in [0.2, 0.25) is 0 Å². The third kappa shape index (κ3) is 2.35. The van der Waals surface area contributed by atoms with Crippen LogP contribution in [0.25, 0.3) is 0 Å². The van der Waals surface area contributed by atoms with E-state index < -0.39 is 10.5 Å². The molecule has 19 heavy (non-hydrogen) atoms. The molecule has 0 amide bonds. The van der Waals surface area contributed by atoms with Crippen LogP contribution in [-0.2, 0) is 0 Å². The summed E-state index contributed by atoms with van der Waals surface area (Å²) in [5, 5.41) is 21.3. The number of methoxy groups -OCH3 is 1. The molecule has 0 bridgehead atoms. The molecule has 1 aliphatic rings. The first-order chi connectivity index (χ1) is 8.87. The maximum Gasteiger partial charge on any atom is 0.292 e. The maximum atomic E-state index is 11.0. The molecule has 6 heteroatoms. The van der Waals surface area contributed by atoms with Crippen molar-refractivity contribution in [3.63, 3.8) is 0 Å². The van der Waals surface area contributed by atoms with Gasteiger partial charge >= 0.3 is 0 Å². The molecule has 0 atom stereocenters. The smallest absolute Gasteiger partial charge is 0.292 e. The van der Waals surface area contributed by atoms with Crippen LogP contribution >= 0.6 is 0 Å². The Morgan fingerprint density at radius 2 is 2.11 bits per heavy atom. The molecule has 1 fully saturated rings. The van der Waals surface area contributed by atoms with Crippen molar-refractivity contribution in [1.29, 1.82) is 0 Å². The minimum Gasteiger partial charge on any atom is -0.497 e. The van der Waals surface area contributed by atoms with E-state index >= 15 is 0 Å². The molecule has 1 aliphatic heterocycles. The maximum absolute atomic E-state index is 11.0. The Morgan fingerprint density at radius 1 is 1.47 bits per heavy atom. The molecule has 0 saturated carbocycles. The van der Waals surface area contributed by atoms with Gasteiger partial charge in [0.05, 0.1) is 12.0 Å². The summed E-state index contributed by atoms with van der Waals surface area (Å²) in [6.45, 7) is 4.69. The third-order valence-corrected chi connectivity index (χ3v) is 3.72. The Hall–Kier alpha value is -1.82. The quantitative estimate of drug-likeness (QED) is 0.664. The van der Waals surface area contributed by atoms with Crippen LogP contribution in [0.15, 0.2) is 18.2 Å². The molecule has 1 aromatic carbocycles. The Balaban J connectivity index is 2.28. The lowest BCUT2D eigenvalue weighted by Gasteiger charge is -2.50. The molecule has 0 aromatic heterocycles. The van der Waals surface area contributed by atoms with Gasteiger partial charge in [0, 0.05) is 25.2 Å². The van der Waals surface area contributed by atoms with E-state index in [-0.39, 0.29) is 11.6 Å². The number of ether oxygens (including phenoxy) is 1. The van der Waals surface area contributed by atoms with E-state index in [1.54, 1.807) is 17.0 Å². The number of hydrogen-bond donors (Lipinski definition) is 1. The van der Waals surface area contributed by atoms with Gasteiger partial charge in [0.15, 0.2) is 0 Å². The van der Waals surface area contributed by atoms with Crippen molar-refractivity contribution in [2.24, 2.45) is 5.92 Å². The van der Waals surface area contributed by atoms with Crippen LogP contribution in [-0.4, -0.2) is 35.8 Å². The second-order valence-electron chi connectivity index (χ2n) is 5.23. The molecule has 1 aromatic rings. The van der Waals surface area contributed by atoms with Gasteiger partial charge in [-0.2, -0.15) is 0 Å². The summed E-state index contributed by atoms with van der Waals surface area (Å²) in [5.41, 5.74) is -0.238. The first-order valence-corrected chi connectivity index (χ1v) is 6.17.